The van der Waals surface area contributed by atoms with Gasteiger partial charge in [0, 0.05) is 50.7 Å². The largest absolute Gasteiger partial charge is 0.352 e. The third-order valence-electron chi connectivity index (χ3n) is 5.80. The number of benzene rings is 1. The third-order valence-corrected chi connectivity index (χ3v) is 7.68. The highest BCUT2D eigenvalue weighted by Gasteiger charge is 2.33. The van der Waals surface area contributed by atoms with Crippen LogP contribution in [-0.2, 0) is 26.2 Å². The van der Waals surface area contributed by atoms with Gasteiger partial charge in [-0.15, -0.1) is 0 Å². The Bertz CT molecular complexity index is 1040. The van der Waals surface area contributed by atoms with Crippen molar-refractivity contribution in [3.05, 3.63) is 54.4 Å². The molecule has 0 bridgehead atoms. The lowest BCUT2D eigenvalue weighted by atomic mass is 9.99. The molecule has 2 aliphatic heterocycles. The minimum Gasteiger partial charge on any atom is -0.352 e. The highest BCUT2D eigenvalue weighted by Crippen LogP contribution is 2.27. The smallest absolute Gasteiger partial charge is 0.243 e. The van der Waals surface area contributed by atoms with Crippen LogP contribution in [0.4, 0.5) is 5.69 Å². The number of hydrogen-bond acceptors (Lipinski definition) is 5. The van der Waals surface area contributed by atoms with Crippen molar-refractivity contribution in [3.63, 3.8) is 0 Å². The molecule has 1 atom stereocenters. The first-order chi connectivity index (χ1) is 14.9. The van der Waals surface area contributed by atoms with E-state index in [9.17, 15) is 18.0 Å². The molecule has 1 N–H and O–H groups in total. The number of piperidine rings is 1. The molecule has 2 aliphatic rings. The van der Waals surface area contributed by atoms with Crippen LogP contribution in [0.2, 0.25) is 0 Å². The van der Waals surface area contributed by atoms with Gasteiger partial charge in [0.1, 0.15) is 0 Å². The maximum absolute atomic E-state index is 13.1. The van der Waals surface area contributed by atoms with E-state index < -0.39 is 10.0 Å². The first-order valence-electron chi connectivity index (χ1n) is 10.5. The molecule has 164 valence electrons. The van der Waals surface area contributed by atoms with Gasteiger partial charge in [0.15, 0.2) is 0 Å². The predicted octanol–water partition coefficient (Wildman–Crippen LogP) is 1.93. The van der Waals surface area contributed by atoms with Crippen molar-refractivity contribution in [2.75, 3.05) is 24.5 Å². The first kappa shape index (κ1) is 21.5. The van der Waals surface area contributed by atoms with Gasteiger partial charge in [-0.05, 0) is 55.2 Å². The van der Waals surface area contributed by atoms with Crippen LogP contribution >= 0.6 is 0 Å². The molecule has 2 fully saturated rings. The minimum atomic E-state index is -3.71. The Morgan fingerprint density at radius 2 is 1.94 bits per heavy atom. The molecule has 0 saturated carbocycles. The van der Waals surface area contributed by atoms with Gasteiger partial charge in [-0.3, -0.25) is 14.6 Å². The van der Waals surface area contributed by atoms with E-state index in [1.165, 1.54) is 4.31 Å². The average molecular weight is 443 g/mol. The Balaban J connectivity index is 1.40. The van der Waals surface area contributed by atoms with Gasteiger partial charge >= 0.3 is 0 Å². The van der Waals surface area contributed by atoms with Gasteiger partial charge in [0.25, 0.3) is 0 Å². The average Bonchev–Trinajstić information content (AvgIpc) is 3.24. The summed E-state index contributed by atoms with van der Waals surface area (Å²) in [6, 6.07) is 10.1. The highest BCUT2D eigenvalue weighted by atomic mass is 32.2. The van der Waals surface area contributed by atoms with Crippen LogP contribution in [0.15, 0.2) is 53.7 Å². The summed E-state index contributed by atoms with van der Waals surface area (Å²) in [5.74, 6) is -0.472. The van der Waals surface area contributed by atoms with Crippen molar-refractivity contribution in [3.8, 4) is 0 Å². The molecule has 0 spiro atoms. The second kappa shape index (κ2) is 9.15. The van der Waals surface area contributed by atoms with E-state index in [4.69, 9.17) is 0 Å². The van der Waals surface area contributed by atoms with Crippen molar-refractivity contribution >= 4 is 27.5 Å². The summed E-state index contributed by atoms with van der Waals surface area (Å²) >= 11 is 0. The number of sulfonamides is 1. The number of amides is 2. The van der Waals surface area contributed by atoms with E-state index in [-0.39, 0.29) is 29.2 Å². The summed E-state index contributed by atoms with van der Waals surface area (Å²) in [5.41, 5.74) is 1.61. The van der Waals surface area contributed by atoms with Crippen molar-refractivity contribution < 1.29 is 18.0 Å². The van der Waals surface area contributed by atoms with E-state index >= 15 is 0 Å². The van der Waals surface area contributed by atoms with Crippen LogP contribution in [-0.4, -0.2) is 49.2 Å². The molecule has 9 heteroatoms. The van der Waals surface area contributed by atoms with E-state index in [0.29, 0.717) is 44.6 Å². The Morgan fingerprint density at radius 1 is 1.13 bits per heavy atom. The van der Waals surface area contributed by atoms with Gasteiger partial charge in [-0.25, -0.2) is 8.42 Å². The number of nitrogens with zero attached hydrogens (tertiary/aromatic N) is 3. The second-order valence-corrected chi connectivity index (χ2v) is 9.86. The maximum atomic E-state index is 13.1. The molecule has 1 aromatic heterocycles. The fraction of sp³-hybridized carbons (Fsp3) is 0.409. The van der Waals surface area contributed by atoms with E-state index in [0.717, 1.165) is 12.0 Å². The molecule has 4 rings (SSSR count). The van der Waals surface area contributed by atoms with Gasteiger partial charge in [-0.2, -0.15) is 4.31 Å². The number of aromatic nitrogens is 1. The molecule has 2 amide bonds. The zero-order valence-electron chi connectivity index (χ0n) is 17.2. The molecule has 1 aromatic carbocycles. The summed E-state index contributed by atoms with van der Waals surface area (Å²) in [6.45, 7) is 1.58. The fourth-order valence-electron chi connectivity index (χ4n) is 4.08. The van der Waals surface area contributed by atoms with Crippen molar-refractivity contribution in [2.24, 2.45) is 5.92 Å². The first-order valence-corrected chi connectivity index (χ1v) is 12.0. The number of anilines is 1. The van der Waals surface area contributed by atoms with Gasteiger partial charge in [-0.1, -0.05) is 6.07 Å². The van der Waals surface area contributed by atoms with Crippen LogP contribution in [0.25, 0.3) is 0 Å². The van der Waals surface area contributed by atoms with E-state index in [2.05, 4.69) is 10.3 Å². The lowest BCUT2D eigenvalue weighted by Crippen LogP contribution is -2.45. The van der Waals surface area contributed by atoms with E-state index in [1.807, 2.05) is 6.07 Å². The Kier molecular flexibility index (Phi) is 6.33. The summed E-state index contributed by atoms with van der Waals surface area (Å²) in [6.07, 6.45) is 5.99. The number of hydrogen-bond donors (Lipinski definition) is 1. The molecule has 0 aliphatic carbocycles. The zero-order chi connectivity index (χ0) is 21.8. The molecule has 3 heterocycles. The van der Waals surface area contributed by atoms with Gasteiger partial charge in [0.05, 0.1) is 10.8 Å². The lowest BCUT2D eigenvalue weighted by molar-refractivity contribution is -0.126. The zero-order valence-corrected chi connectivity index (χ0v) is 18.1. The van der Waals surface area contributed by atoms with Gasteiger partial charge < -0.3 is 10.2 Å². The summed E-state index contributed by atoms with van der Waals surface area (Å²) in [4.78, 5) is 30.4. The molecule has 2 saturated heterocycles. The van der Waals surface area contributed by atoms with E-state index in [1.54, 1.807) is 47.6 Å². The lowest BCUT2D eigenvalue weighted by Gasteiger charge is -2.31. The number of carbonyl (C=O) groups excluding carboxylic acids is 2. The van der Waals surface area contributed by atoms with Crippen LogP contribution < -0.4 is 10.2 Å². The Labute approximate surface area is 182 Å². The molecular formula is C22H26N4O4S. The third kappa shape index (κ3) is 4.77. The molecule has 31 heavy (non-hydrogen) atoms. The predicted molar refractivity (Wildman–Crippen MR) is 116 cm³/mol. The second-order valence-electron chi connectivity index (χ2n) is 7.92. The van der Waals surface area contributed by atoms with Gasteiger partial charge in [0.2, 0.25) is 21.8 Å². The molecule has 0 unspecified atom stereocenters. The molecule has 2 aromatic rings. The topological polar surface area (TPSA) is 99.7 Å². The Morgan fingerprint density at radius 3 is 2.61 bits per heavy atom. The molecule has 0 radical (unpaired) electrons. The van der Waals surface area contributed by atoms with Crippen LogP contribution in [0.3, 0.4) is 0 Å². The summed E-state index contributed by atoms with van der Waals surface area (Å²) in [7, 11) is -3.71. The number of nitrogens with one attached hydrogen (secondary N) is 1. The van der Waals surface area contributed by atoms with Crippen LogP contribution in [0.1, 0.15) is 31.2 Å². The standard InChI is InChI=1S/C22H26N4O4S/c27-21-6-3-13-26(21)19-7-9-20(10-8-19)31(29,30)25-12-2-5-18(16-25)22(28)24-15-17-4-1-11-23-14-17/h1,4,7-11,14,18H,2-3,5-6,12-13,15-16H2,(H,24,28)/t18-/m0/s1. The fourth-order valence-corrected chi connectivity index (χ4v) is 5.60. The monoisotopic (exact) mass is 442 g/mol. The number of pyridine rings is 1. The normalized spacial score (nSPS) is 20.1. The Hall–Kier alpha value is -2.78. The highest BCUT2D eigenvalue weighted by molar-refractivity contribution is 7.89. The number of carbonyl (C=O) groups is 2. The quantitative estimate of drug-likeness (QED) is 0.737. The molecule has 8 nitrogen and oxygen atoms in total. The van der Waals surface area contributed by atoms with Crippen LogP contribution in [0.5, 0.6) is 0 Å². The minimum absolute atomic E-state index is 0.0618. The van der Waals surface area contributed by atoms with Crippen LogP contribution in [0, 0.1) is 5.92 Å². The van der Waals surface area contributed by atoms with Crippen molar-refractivity contribution in [2.45, 2.75) is 37.1 Å². The molecular weight excluding hydrogens is 416 g/mol. The summed E-state index contributed by atoms with van der Waals surface area (Å²) in [5, 5.41) is 2.89. The maximum Gasteiger partial charge on any atom is 0.243 e. The van der Waals surface area contributed by atoms with Crippen molar-refractivity contribution in [1.82, 2.24) is 14.6 Å². The SMILES string of the molecule is O=C(NCc1cccnc1)[C@H]1CCCN(S(=O)(=O)c2ccc(N3CCCC3=O)cc2)C1. The number of rotatable bonds is 6. The summed E-state index contributed by atoms with van der Waals surface area (Å²) < 4.78 is 27.7. The van der Waals surface area contributed by atoms with Crippen molar-refractivity contribution in [1.29, 1.82) is 0 Å².